The van der Waals surface area contributed by atoms with Crippen LogP contribution in [-0.4, -0.2) is 9.76 Å². The van der Waals surface area contributed by atoms with Crippen molar-refractivity contribution in [1.82, 2.24) is 0 Å². The third-order valence-electron chi connectivity index (χ3n) is 3.08. The van der Waals surface area contributed by atoms with Crippen LogP contribution in [0.5, 0.6) is 0 Å². The van der Waals surface area contributed by atoms with E-state index >= 15 is 0 Å². The van der Waals surface area contributed by atoms with Gasteiger partial charge in [0.2, 0.25) is 0 Å². The SMILES string of the molecule is CCCCCCCC[Si]OC1=CCCCC1. The molecule has 1 nitrogen and oxygen atoms in total. The number of hydrogen-bond acceptors (Lipinski definition) is 1. The van der Waals surface area contributed by atoms with E-state index in [0.717, 1.165) is 0 Å². The highest BCUT2D eigenvalue weighted by Gasteiger charge is 2.04. The summed E-state index contributed by atoms with van der Waals surface area (Å²) >= 11 is 0. The van der Waals surface area contributed by atoms with Gasteiger partial charge in [0.05, 0.1) is 5.76 Å². The van der Waals surface area contributed by atoms with E-state index in [4.69, 9.17) is 4.43 Å². The highest BCUT2D eigenvalue weighted by atomic mass is 28.2. The predicted octanol–water partition coefficient (Wildman–Crippen LogP) is 4.86. The van der Waals surface area contributed by atoms with Gasteiger partial charge in [-0.05, 0) is 31.4 Å². The summed E-state index contributed by atoms with van der Waals surface area (Å²) in [4.78, 5) is 0. The van der Waals surface area contributed by atoms with Crippen molar-refractivity contribution in [2.75, 3.05) is 0 Å². The molecule has 0 aromatic rings. The predicted molar refractivity (Wildman–Crippen MR) is 71.6 cm³/mol. The van der Waals surface area contributed by atoms with Crippen LogP contribution in [0.1, 0.15) is 71.1 Å². The molecule has 2 radical (unpaired) electrons. The summed E-state index contributed by atoms with van der Waals surface area (Å²) in [6, 6.07) is 1.27. The quantitative estimate of drug-likeness (QED) is 0.412. The number of hydrogen-bond donors (Lipinski definition) is 0. The Kier molecular flexibility index (Phi) is 8.59. The molecular formula is C14H26OSi. The minimum absolute atomic E-state index is 0.707. The molecule has 0 aliphatic heterocycles. The highest BCUT2D eigenvalue weighted by Crippen LogP contribution is 2.18. The van der Waals surface area contributed by atoms with E-state index in [1.54, 1.807) is 0 Å². The zero-order chi connectivity index (χ0) is 11.5. The van der Waals surface area contributed by atoms with Crippen LogP contribution in [0.25, 0.3) is 0 Å². The van der Waals surface area contributed by atoms with E-state index in [9.17, 15) is 0 Å². The van der Waals surface area contributed by atoms with Gasteiger partial charge >= 0.3 is 9.76 Å². The summed E-state index contributed by atoms with van der Waals surface area (Å²) < 4.78 is 5.80. The Morgan fingerprint density at radius 3 is 2.69 bits per heavy atom. The van der Waals surface area contributed by atoms with Crippen molar-refractivity contribution in [1.29, 1.82) is 0 Å². The second-order valence-corrected chi connectivity index (χ2v) is 5.67. The molecule has 0 aromatic carbocycles. The van der Waals surface area contributed by atoms with Crippen LogP contribution in [0.2, 0.25) is 6.04 Å². The second-order valence-electron chi connectivity index (χ2n) is 4.68. The monoisotopic (exact) mass is 238 g/mol. The molecular weight excluding hydrogens is 212 g/mol. The zero-order valence-corrected chi connectivity index (χ0v) is 11.8. The van der Waals surface area contributed by atoms with Gasteiger partial charge < -0.3 is 4.43 Å². The van der Waals surface area contributed by atoms with Crippen LogP contribution < -0.4 is 0 Å². The summed E-state index contributed by atoms with van der Waals surface area (Å²) in [5, 5.41) is 0. The molecule has 0 fully saturated rings. The fourth-order valence-electron chi connectivity index (χ4n) is 2.02. The van der Waals surface area contributed by atoms with E-state index in [1.807, 2.05) is 0 Å². The summed E-state index contributed by atoms with van der Waals surface area (Å²) in [5.41, 5.74) is 0. The minimum atomic E-state index is 0.707. The molecule has 16 heavy (non-hydrogen) atoms. The number of unbranched alkanes of at least 4 members (excludes halogenated alkanes) is 5. The third-order valence-corrected chi connectivity index (χ3v) is 4.05. The second kappa shape index (κ2) is 9.95. The van der Waals surface area contributed by atoms with Crippen LogP contribution in [0.4, 0.5) is 0 Å². The first-order valence-corrected chi connectivity index (χ1v) is 8.13. The molecule has 0 unspecified atom stereocenters. The maximum atomic E-state index is 5.80. The first-order valence-electron chi connectivity index (χ1n) is 7.02. The van der Waals surface area contributed by atoms with Gasteiger partial charge in [-0.1, -0.05) is 45.4 Å². The lowest BCUT2D eigenvalue weighted by molar-refractivity contribution is 0.401. The number of allylic oxidation sites excluding steroid dienone is 2. The normalized spacial score (nSPS) is 15.9. The lowest BCUT2D eigenvalue weighted by Gasteiger charge is -2.13. The summed E-state index contributed by atoms with van der Waals surface area (Å²) in [6.07, 6.45) is 15.7. The summed E-state index contributed by atoms with van der Waals surface area (Å²) in [6.45, 7) is 2.27. The van der Waals surface area contributed by atoms with E-state index in [-0.39, 0.29) is 0 Å². The Bertz CT molecular complexity index is 189. The van der Waals surface area contributed by atoms with Gasteiger partial charge in [-0.25, -0.2) is 0 Å². The molecule has 1 aliphatic rings. The van der Waals surface area contributed by atoms with Crippen LogP contribution in [-0.2, 0) is 4.43 Å². The molecule has 0 heterocycles. The van der Waals surface area contributed by atoms with Crippen molar-refractivity contribution >= 4 is 9.76 Å². The van der Waals surface area contributed by atoms with Crippen molar-refractivity contribution < 1.29 is 4.43 Å². The average molecular weight is 238 g/mol. The third kappa shape index (κ3) is 7.10. The fraction of sp³-hybridized carbons (Fsp3) is 0.857. The highest BCUT2D eigenvalue weighted by molar-refractivity contribution is 6.27. The smallest absolute Gasteiger partial charge is 0.310 e. The molecule has 0 N–H and O–H groups in total. The molecule has 0 aromatic heterocycles. The Morgan fingerprint density at radius 1 is 1.12 bits per heavy atom. The van der Waals surface area contributed by atoms with E-state index in [0.29, 0.717) is 9.76 Å². The largest absolute Gasteiger partial charge is 0.544 e. The van der Waals surface area contributed by atoms with Crippen molar-refractivity contribution in [3.63, 3.8) is 0 Å². The molecule has 1 rings (SSSR count). The molecule has 1 aliphatic carbocycles. The van der Waals surface area contributed by atoms with E-state index in [1.165, 1.54) is 76.0 Å². The van der Waals surface area contributed by atoms with Crippen molar-refractivity contribution in [3.05, 3.63) is 11.8 Å². The van der Waals surface area contributed by atoms with Gasteiger partial charge in [-0.15, -0.1) is 0 Å². The lowest BCUT2D eigenvalue weighted by atomic mass is 10.1. The van der Waals surface area contributed by atoms with Gasteiger partial charge in [0.1, 0.15) is 0 Å². The maximum Gasteiger partial charge on any atom is 0.310 e. The van der Waals surface area contributed by atoms with Gasteiger partial charge in [0, 0.05) is 6.42 Å². The summed E-state index contributed by atoms with van der Waals surface area (Å²) in [7, 11) is 0.707. The Hall–Kier alpha value is -0.243. The zero-order valence-electron chi connectivity index (χ0n) is 10.8. The van der Waals surface area contributed by atoms with Crippen LogP contribution in [0.3, 0.4) is 0 Å². The molecule has 0 atom stereocenters. The maximum absolute atomic E-state index is 5.80. The van der Waals surface area contributed by atoms with Gasteiger partial charge in [0.15, 0.2) is 0 Å². The Labute approximate surface area is 104 Å². The minimum Gasteiger partial charge on any atom is -0.544 e. The molecule has 0 saturated carbocycles. The summed E-state index contributed by atoms with van der Waals surface area (Å²) in [5.74, 6) is 1.27. The van der Waals surface area contributed by atoms with Crippen LogP contribution in [0, 0.1) is 0 Å². The Morgan fingerprint density at radius 2 is 1.94 bits per heavy atom. The van der Waals surface area contributed by atoms with Gasteiger partial charge in [-0.2, -0.15) is 0 Å². The Balaban J connectivity index is 1.82. The molecule has 0 spiro atoms. The van der Waals surface area contributed by atoms with E-state index < -0.39 is 0 Å². The first kappa shape index (κ1) is 13.8. The number of rotatable bonds is 9. The topological polar surface area (TPSA) is 9.23 Å². The van der Waals surface area contributed by atoms with E-state index in [2.05, 4.69) is 13.0 Å². The van der Waals surface area contributed by atoms with Crippen molar-refractivity contribution in [2.45, 2.75) is 77.2 Å². The first-order chi connectivity index (χ1) is 7.93. The molecule has 0 bridgehead atoms. The molecule has 0 saturated heterocycles. The molecule has 92 valence electrons. The van der Waals surface area contributed by atoms with Gasteiger partial charge in [-0.3, -0.25) is 0 Å². The van der Waals surface area contributed by atoms with Crippen LogP contribution >= 0.6 is 0 Å². The lowest BCUT2D eigenvalue weighted by Crippen LogP contribution is -2.01. The van der Waals surface area contributed by atoms with Crippen molar-refractivity contribution in [2.24, 2.45) is 0 Å². The van der Waals surface area contributed by atoms with Gasteiger partial charge in [0.25, 0.3) is 0 Å². The van der Waals surface area contributed by atoms with Crippen LogP contribution in [0.15, 0.2) is 11.8 Å². The van der Waals surface area contributed by atoms with Crippen molar-refractivity contribution in [3.8, 4) is 0 Å². The molecule has 0 amide bonds. The molecule has 2 heteroatoms. The average Bonchev–Trinajstić information content (AvgIpc) is 2.34. The standard InChI is InChI=1S/C14H26OSi/c1-2-3-4-5-6-10-13-16-15-14-11-8-7-9-12-14/h11H,2-10,12-13H2,1H3. The fourth-order valence-corrected chi connectivity index (χ4v) is 2.89.